The summed E-state index contributed by atoms with van der Waals surface area (Å²) in [4.78, 5) is 0. The first kappa shape index (κ1) is 14.0. The molecule has 3 nitrogen and oxygen atoms in total. The summed E-state index contributed by atoms with van der Waals surface area (Å²) in [6.45, 7) is 5.24. The Balaban J connectivity index is 1.84. The molecular weight excluding hydrogens is 236 g/mol. The molecule has 1 aliphatic rings. The van der Waals surface area contributed by atoms with Crippen LogP contribution in [-0.2, 0) is 17.9 Å². The molecule has 0 bridgehead atoms. The van der Waals surface area contributed by atoms with E-state index in [9.17, 15) is 0 Å². The third kappa shape index (κ3) is 4.05. The van der Waals surface area contributed by atoms with Gasteiger partial charge in [-0.25, -0.2) is 0 Å². The van der Waals surface area contributed by atoms with Gasteiger partial charge in [-0.05, 0) is 36.3 Å². The Hall–Kier alpha value is -1.37. The molecule has 1 aliphatic carbocycles. The molecule has 1 fully saturated rings. The molecule has 0 radical (unpaired) electrons. The van der Waals surface area contributed by atoms with Gasteiger partial charge >= 0.3 is 0 Å². The van der Waals surface area contributed by atoms with Gasteiger partial charge in [-0.2, -0.15) is 5.26 Å². The van der Waals surface area contributed by atoms with Crippen molar-refractivity contribution in [1.29, 1.82) is 5.26 Å². The predicted molar refractivity (Wildman–Crippen MR) is 75.4 cm³/mol. The summed E-state index contributed by atoms with van der Waals surface area (Å²) in [5, 5.41) is 12.3. The van der Waals surface area contributed by atoms with Crippen molar-refractivity contribution in [2.24, 2.45) is 5.41 Å². The molecule has 0 aliphatic heterocycles. The average molecular weight is 258 g/mol. The monoisotopic (exact) mass is 258 g/mol. The van der Waals surface area contributed by atoms with Crippen LogP contribution in [0.1, 0.15) is 37.3 Å². The molecule has 0 heterocycles. The second-order valence-corrected chi connectivity index (χ2v) is 5.34. The van der Waals surface area contributed by atoms with Crippen LogP contribution in [0.15, 0.2) is 24.3 Å². The van der Waals surface area contributed by atoms with E-state index < -0.39 is 0 Å². The van der Waals surface area contributed by atoms with Crippen LogP contribution < -0.4 is 5.32 Å². The summed E-state index contributed by atoms with van der Waals surface area (Å²) >= 11 is 0. The fraction of sp³-hybridized carbons (Fsp3) is 0.562. The zero-order chi connectivity index (χ0) is 13.6. The minimum absolute atomic E-state index is 0.267. The summed E-state index contributed by atoms with van der Waals surface area (Å²) in [5.74, 6) is 0. The van der Waals surface area contributed by atoms with Crippen molar-refractivity contribution < 1.29 is 4.74 Å². The van der Waals surface area contributed by atoms with Gasteiger partial charge in [0, 0.05) is 26.1 Å². The Kier molecular flexibility index (Phi) is 4.95. The van der Waals surface area contributed by atoms with E-state index >= 15 is 0 Å². The van der Waals surface area contributed by atoms with Gasteiger partial charge in [0.05, 0.1) is 12.7 Å². The maximum atomic E-state index is 8.81. The Morgan fingerprint density at radius 3 is 2.68 bits per heavy atom. The maximum absolute atomic E-state index is 8.81. The van der Waals surface area contributed by atoms with Crippen LogP contribution >= 0.6 is 0 Å². The molecule has 0 spiro atoms. The average Bonchev–Trinajstić information content (AvgIpc) is 3.18. The fourth-order valence-electron chi connectivity index (χ4n) is 2.31. The zero-order valence-corrected chi connectivity index (χ0v) is 11.6. The first-order valence-corrected chi connectivity index (χ1v) is 7.02. The van der Waals surface area contributed by atoms with E-state index in [0.29, 0.717) is 13.0 Å². The van der Waals surface area contributed by atoms with E-state index in [-0.39, 0.29) is 5.41 Å². The molecule has 0 saturated heterocycles. The van der Waals surface area contributed by atoms with Crippen molar-refractivity contribution in [3.05, 3.63) is 35.4 Å². The summed E-state index contributed by atoms with van der Waals surface area (Å²) in [7, 11) is 0. The lowest BCUT2D eigenvalue weighted by Gasteiger charge is -2.14. The highest BCUT2D eigenvalue weighted by atomic mass is 16.5. The van der Waals surface area contributed by atoms with Crippen molar-refractivity contribution in [2.75, 3.05) is 13.2 Å². The van der Waals surface area contributed by atoms with Crippen LogP contribution in [-0.4, -0.2) is 13.2 Å². The molecule has 1 N–H and O–H groups in total. The normalized spacial score (nSPS) is 16.0. The SMILES string of the molecule is CCOCc1ccccc1CNCC1(CC#N)CC1. The topological polar surface area (TPSA) is 45.0 Å². The van der Waals surface area contributed by atoms with E-state index in [0.717, 1.165) is 19.7 Å². The minimum atomic E-state index is 0.267. The number of benzene rings is 1. The van der Waals surface area contributed by atoms with Gasteiger partial charge in [0.2, 0.25) is 0 Å². The summed E-state index contributed by atoms with van der Waals surface area (Å²) < 4.78 is 5.49. The van der Waals surface area contributed by atoms with Crippen LogP contribution in [0.25, 0.3) is 0 Å². The van der Waals surface area contributed by atoms with Gasteiger partial charge < -0.3 is 10.1 Å². The van der Waals surface area contributed by atoms with E-state index in [4.69, 9.17) is 10.00 Å². The minimum Gasteiger partial charge on any atom is -0.377 e. The number of rotatable bonds is 8. The lowest BCUT2D eigenvalue weighted by Crippen LogP contribution is -2.24. The molecule has 0 aromatic heterocycles. The third-order valence-corrected chi connectivity index (χ3v) is 3.81. The van der Waals surface area contributed by atoms with Crippen LogP contribution in [0.2, 0.25) is 0 Å². The Bertz CT molecular complexity index is 446. The van der Waals surface area contributed by atoms with Gasteiger partial charge in [-0.15, -0.1) is 0 Å². The number of ether oxygens (including phenoxy) is 1. The van der Waals surface area contributed by atoms with Crippen molar-refractivity contribution in [1.82, 2.24) is 5.32 Å². The van der Waals surface area contributed by atoms with Gasteiger partial charge in [0.25, 0.3) is 0 Å². The van der Waals surface area contributed by atoms with Gasteiger partial charge in [-0.1, -0.05) is 24.3 Å². The number of nitrogens with zero attached hydrogens (tertiary/aromatic N) is 1. The second-order valence-electron chi connectivity index (χ2n) is 5.34. The fourth-order valence-corrected chi connectivity index (χ4v) is 2.31. The van der Waals surface area contributed by atoms with Crippen molar-refractivity contribution in [3.8, 4) is 6.07 Å². The third-order valence-electron chi connectivity index (χ3n) is 3.81. The van der Waals surface area contributed by atoms with Crippen molar-refractivity contribution in [2.45, 2.75) is 39.3 Å². The number of nitriles is 1. The molecule has 3 heteroatoms. The first-order valence-electron chi connectivity index (χ1n) is 7.02. The quantitative estimate of drug-likeness (QED) is 0.779. The van der Waals surface area contributed by atoms with Crippen molar-refractivity contribution >= 4 is 0 Å². The summed E-state index contributed by atoms with van der Waals surface area (Å²) in [6.07, 6.45) is 3.06. The maximum Gasteiger partial charge on any atom is 0.0719 e. The van der Waals surface area contributed by atoms with Gasteiger partial charge in [-0.3, -0.25) is 0 Å². The van der Waals surface area contributed by atoms with Crippen LogP contribution in [0, 0.1) is 16.7 Å². The summed E-state index contributed by atoms with van der Waals surface area (Å²) in [5.41, 5.74) is 2.81. The second kappa shape index (κ2) is 6.70. The highest BCUT2D eigenvalue weighted by molar-refractivity contribution is 5.26. The van der Waals surface area contributed by atoms with Gasteiger partial charge in [0.15, 0.2) is 0 Å². The number of hydrogen-bond donors (Lipinski definition) is 1. The Morgan fingerprint density at radius 2 is 2.05 bits per heavy atom. The molecule has 1 aromatic carbocycles. The lowest BCUT2D eigenvalue weighted by atomic mass is 10.0. The van der Waals surface area contributed by atoms with Gasteiger partial charge in [0.1, 0.15) is 0 Å². The molecule has 1 saturated carbocycles. The highest BCUT2D eigenvalue weighted by Crippen LogP contribution is 2.47. The van der Waals surface area contributed by atoms with E-state index in [2.05, 4.69) is 35.7 Å². The van der Waals surface area contributed by atoms with Crippen LogP contribution in [0.5, 0.6) is 0 Å². The van der Waals surface area contributed by atoms with Crippen molar-refractivity contribution in [3.63, 3.8) is 0 Å². The molecule has 102 valence electrons. The molecule has 0 unspecified atom stereocenters. The largest absolute Gasteiger partial charge is 0.377 e. The molecule has 0 atom stereocenters. The van der Waals surface area contributed by atoms with E-state index in [1.165, 1.54) is 24.0 Å². The first-order chi connectivity index (χ1) is 9.29. The smallest absolute Gasteiger partial charge is 0.0719 e. The van der Waals surface area contributed by atoms with Crippen LogP contribution in [0.3, 0.4) is 0 Å². The standard InChI is InChI=1S/C16H22N2O/c1-2-19-12-15-6-4-3-5-14(15)11-18-13-16(7-8-16)9-10-17/h3-6,18H,2,7-9,11-13H2,1H3. The van der Waals surface area contributed by atoms with Crippen LogP contribution in [0.4, 0.5) is 0 Å². The zero-order valence-electron chi connectivity index (χ0n) is 11.6. The molecular formula is C16H22N2O. The Labute approximate surface area is 115 Å². The highest BCUT2D eigenvalue weighted by Gasteiger charge is 2.41. The lowest BCUT2D eigenvalue weighted by molar-refractivity contribution is 0.133. The Morgan fingerprint density at radius 1 is 1.32 bits per heavy atom. The molecule has 1 aromatic rings. The summed E-state index contributed by atoms with van der Waals surface area (Å²) in [6, 6.07) is 10.7. The number of nitrogens with one attached hydrogen (secondary N) is 1. The van der Waals surface area contributed by atoms with E-state index in [1.807, 2.05) is 6.92 Å². The molecule has 2 rings (SSSR count). The molecule has 0 amide bonds. The molecule has 19 heavy (non-hydrogen) atoms. The predicted octanol–water partition coefficient (Wildman–Crippen LogP) is 3.01. The number of hydrogen-bond acceptors (Lipinski definition) is 3. The van der Waals surface area contributed by atoms with E-state index in [1.54, 1.807) is 0 Å².